The van der Waals surface area contributed by atoms with E-state index in [0.29, 0.717) is 0 Å². The highest BCUT2D eigenvalue weighted by atomic mass is 32.1. The van der Waals surface area contributed by atoms with Gasteiger partial charge in [0.05, 0.1) is 5.39 Å². The summed E-state index contributed by atoms with van der Waals surface area (Å²) < 4.78 is 0. The van der Waals surface area contributed by atoms with Gasteiger partial charge in [0.25, 0.3) is 5.56 Å². The summed E-state index contributed by atoms with van der Waals surface area (Å²) in [5.41, 5.74) is -0.00116. The van der Waals surface area contributed by atoms with Crippen molar-refractivity contribution < 1.29 is 0 Å². The van der Waals surface area contributed by atoms with Gasteiger partial charge in [-0.3, -0.25) is 4.79 Å². The molecule has 2 aromatic rings. The van der Waals surface area contributed by atoms with Crippen LogP contribution in [0.25, 0.3) is 10.8 Å². The molecule has 3 heteroatoms. The number of fused-ring (bicyclic) bond motifs is 1. The number of aromatic nitrogens is 1. The normalized spacial score (nSPS) is 10.4. The van der Waals surface area contributed by atoms with E-state index in [1.54, 1.807) is 17.5 Å². The lowest BCUT2D eigenvalue weighted by atomic mass is 10.3. The molecule has 2 aromatic heterocycles. The second-order valence-corrected chi connectivity index (χ2v) is 2.79. The molecule has 0 spiro atoms. The van der Waals surface area contributed by atoms with Gasteiger partial charge in [0.1, 0.15) is 0 Å². The maximum atomic E-state index is 11.0. The number of hydrogen-bond donors (Lipinski definition) is 1. The maximum Gasteiger partial charge on any atom is 0.256 e. The smallest absolute Gasteiger partial charge is 0.256 e. The van der Waals surface area contributed by atoms with Gasteiger partial charge in [-0.25, -0.2) is 0 Å². The summed E-state index contributed by atoms with van der Waals surface area (Å²) in [6.07, 6.45) is 1.66. The van der Waals surface area contributed by atoms with Crippen LogP contribution in [0.3, 0.4) is 0 Å². The fourth-order valence-corrected chi connectivity index (χ4v) is 1.70. The van der Waals surface area contributed by atoms with Gasteiger partial charge in [-0.15, -0.1) is 0 Å². The van der Waals surface area contributed by atoms with E-state index in [4.69, 9.17) is 0 Å². The van der Waals surface area contributed by atoms with Gasteiger partial charge in [-0.1, -0.05) is 0 Å². The van der Waals surface area contributed by atoms with Crippen molar-refractivity contribution >= 4 is 22.1 Å². The van der Waals surface area contributed by atoms with Crippen LogP contribution in [0.2, 0.25) is 0 Å². The van der Waals surface area contributed by atoms with Gasteiger partial charge in [0.15, 0.2) is 0 Å². The third kappa shape index (κ3) is 0.675. The Morgan fingerprint density at radius 1 is 1.40 bits per heavy atom. The lowest BCUT2D eigenvalue weighted by molar-refractivity contribution is 1.28. The molecule has 10 heavy (non-hydrogen) atoms. The van der Waals surface area contributed by atoms with Crippen molar-refractivity contribution in [1.82, 2.24) is 4.98 Å². The summed E-state index contributed by atoms with van der Waals surface area (Å²) in [4.78, 5) is 13.6. The Labute approximate surface area is 61.1 Å². The molecule has 0 aliphatic heterocycles. The standard InChI is InChI=1S/C7H5NOS/c9-7-6-4-10-3-5(6)1-2-8-7/h1-4H,(H,8,9). The molecule has 0 bridgehead atoms. The first-order valence-electron chi connectivity index (χ1n) is 2.91. The van der Waals surface area contributed by atoms with E-state index < -0.39 is 0 Å². The van der Waals surface area contributed by atoms with E-state index in [-0.39, 0.29) is 5.56 Å². The van der Waals surface area contributed by atoms with Crippen LogP contribution in [0.1, 0.15) is 0 Å². The average Bonchev–Trinajstić information content (AvgIpc) is 2.36. The van der Waals surface area contributed by atoms with Crippen molar-refractivity contribution in [1.29, 1.82) is 0 Å². The Hall–Kier alpha value is -1.09. The monoisotopic (exact) mass is 151 g/mol. The lowest BCUT2D eigenvalue weighted by Crippen LogP contribution is -2.01. The van der Waals surface area contributed by atoms with Crippen molar-refractivity contribution in [3.05, 3.63) is 33.4 Å². The van der Waals surface area contributed by atoms with Gasteiger partial charge in [-0.05, 0) is 16.8 Å². The second kappa shape index (κ2) is 1.95. The molecule has 50 valence electrons. The zero-order valence-electron chi connectivity index (χ0n) is 5.13. The lowest BCUT2D eigenvalue weighted by Gasteiger charge is -1.83. The average molecular weight is 151 g/mol. The van der Waals surface area contributed by atoms with Gasteiger partial charge in [0.2, 0.25) is 0 Å². The Kier molecular flexibility index (Phi) is 1.11. The molecule has 0 aliphatic rings. The first kappa shape index (κ1) is 5.68. The molecule has 0 saturated heterocycles. The van der Waals surface area contributed by atoms with Gasteiger partial charge in [0, 0.05) is 11.6 Å². The van der Waals surface area contributed by atoms with Crippen LogP contribution in [0.4, 0.5) is 0 Å². The van der Waals surface area contributed by atoms with Gasteiger partial charge < -0.3 is 4.98 Å². The topological polar surface area (TPSA) is 32.9 Å². The highest BCUT2D eigenvalue weighted by Crippen LogP contribution is 2.12. The van der Waals surface area contributed by atoms with Crippen molar-refractivity contribution in [2.75, 3.05) is 0 Å². The largest absolute Gasteiger partial charge is 0.329 e. The summed E-state index contributed by atoms with van der Waals surface area (Å²) in [6.45, 7) is 0. The molecule has 0 fully saturated rings. The first-order valence-corrected chi connectivity index (χ1v) is 3.86. The molecule has 0 radical (unpaired) electrons. The van der Waals surface area contributed by atoms with Crippen LogP contribution in [0.5, 0.6) is 0 Å². The molecule has 0 amide bonds. The minimum absolute atomic E-state index is 0.00116. The predicted octanol–water partition coefficient (Wildman–Crippen LogP) is 1.59. The highest BCUT2D eigenvalue weighted by molar-refractivity contribution is 7.09. The third-order valence-electron chi connectivity index (χ3n) is 1.41. The Bertz CT molecular complexity index is 401. The number of hydrogen-bond acceptors (Lipinski definition) is 2. The van der Waals surface area contributed by atoms with Crippen LogP contribution in [-0.2, 0) is 0 Å². The summed E-state index contributed by atoms with van der Waals surface area (Å²) in [7, 11) is 0. The van der Waals surface area contributed by atoms with Gasteiger partial charge in [-0.2, -0.15) is 11.3 Å². The van der Waals surface area contributed by atoms with E-state index in [2.05, 4.69) is 4.98 Å². The fourth-order valence-electron chi connectivity index (χ4n) is 0.905. The zero-order valence-corrected chi connectivity index (χ0v) is 5.94. The predicted molar refractivity (Wildman–Crippen MR) is 42.4 cm³/mol. The Morgan fingerprint density at radius 3 is 3.10 bits per heavy atom. The summed E-state index contributed by atoms with van der Waals surface area (Å²) in [5.74, 6) is 0. The van der Waals surface area contributed by atoms with Crippen LogP contribution in [0.15, 0.2) is 27.8 Å². The van der Waals surface area contributed by atoms with E-state index in [1.807, 2.05) is 16.8 Å². The van der Waals surface area contributed by atoms with Crippen LogP contribution >= 0.6 is 11.3 Å². The molecule has 0 aliphatic carbocycles. The molecule has 2 rings (SSSR count). The number of H-pyrrole nitrogens is 1. The minimum atomic E-state index is -0.00116. The minimum Gasteiger partial charge on any atom is -0.329 e. The van der Waals surface area contributed by atoms with Crippen molar-refractivity contribution in [2.24, 2.45) is 0 Å². The molecule has 0 aromatic carbocycles. The number of thiophene rings is 1. The summed E-state index contributed by atoms with van der Waals surface area (Å²) in [6, 6.07) is 1.90. The number of pyridine rings is 1. The fraction of sp³-hybridized carbons (Fsp3) is 0. The number of nitrogens with one attached hydrogen (secondary N) is 1. The molecule has 2 nitrogen and oxygen atoms in total. The first-order chi connectivity index (χ1) is 4.88. The Balaban J connectivity index is 3.09. The molecule has 1 N–H and O–H groups in total. The Morgan fingerprint density at radius 2 is 2.30 bits per heavy atom. The second-order valence-electron chi connectivity index (χ2n) is 2.05. The van der Waals surface area contributed by atoms with E-state index in [9.17, 15) is 4.79 Å². The summed E-state index contributed by atoms with van der Waals surface area (Å²) >= 11 is 1.55. The van der Waals surface area contributed by atoms with Crippen LogP contribution in [0, 0.1) is 0 Å². The van der Waals surface area contributed by atoms with E-state index >= 15 is 0 Å². The molecular formula is C7H5NOS. The zero-order chi connectivity index (χ0) is 6.97. The van der Waals surface area contributed by atoms with E-state index in [0.717, 1.165) is 10.8 Å². The molecule has 0 saturated carbocycles. The van der Waals surface area contributed by atoms with Crippen molar-refractivity contribution in [2.45, 2.75) is 0 Å². The number of aromatic amines is 1. The van der Waals surface area contributed by atoms with Crippen LogP contribution in [-0.4, -0.2) is 4.98 Å². The SMILES string of the molecule is O=c1[nH]ccc2cscc12. The summed E-state index contributed by atoms with van der Waals surface area (Å²) in [5, 5.41) is 5.62. The third-order valence-corrected chi connectivity index (χ3v) is 2.18. The highest BCUT2D eigenvalue weighted by Gasteiger charge is 1.95. The van der Waals surface area contributed by atoms with Gasteiger partial charge >= 0.3 is 0 Å². The molecule has 0 atom stereocenters. The molecular weight excluding hydrogens is 146 g/mol. The van der Waals surface area contributed by atoms with Crippen molar-refractivity contribution in [3.63, 3.8) is 0 Å². The van der Waals surface area contributed by atoms with Crippen molar-refractivity contribution in [3.8, 4) is 0 Å². The number of rotatable bonds is 0. The molecule has 2 heterocycles. The quantitative estimate of drug-likeness (QED) is 0.609. The maximum absolute atomic E-state index is 11.0. The van der Waals surface area contributed by atoms with E-state index in [1.165, 1.54) is 0 Å². The van der Waals surface area contributed by atoms with Crippen LogP contribution < -0.4 is 5.56 Å². The molecule has 0 unspecified atom stereocenters.